The summed E-state index contributed by atoms with van der Waals surface area (Å²) in [4.78, 5) is 28.9. The lowest BCUT2D eigenvalue weighted by molar-refractivity contribution is -0.117. The van der Waals surface area contributed by atoms with E-state index in [1.54, 1.807) is 43.5 Å². The van der Waals surface area contributed by atoms with Gasteiger partial charge in [0, 0.05) is 16.7 Å². The molecule has 29 heavy (non-hydrogen) atoms. The van der Waals surface area contributed by atoms with E-state index in [-0.39, 0.29) is 18.0 Å². The summed E-state index contributed by atoms with van der Waals surface area (Å²) in [5.74, 6) is 0.327. The second kappa shape index (κ2) is 8.02. The van der Waals surface area contributed by atoms with E-state index in [1.807, 2.05) is 12.1 Å². The molecule has 0 aliphatic carbocycles. The van der Waals surface area contributed by atoms with Crippen LogP contribution in [0.1, 0.15) is 0 Å². The molecule has 0 spiro atoms. The predicted molar refractivity (Wildman–Crippen MR) is 114 cm³/mol. The molecule has 2 aromatic heterocycles. The number of methoxy groups -OCH3 is 1. The molecule has 0 saturated carbocycles. The number of benzene rings is 2. The van der Waals surface area contributed by atoms with Crippen LogP contribution in [0.25, 0.3) is 21.5 Å². The van der Waals surface area contributed by atoms with E-state index in [0.717, 1.165) is 20.5 Å². The number of ether oxygens (including phenoxy) is 1. The Balaban J connectivity index is 1.53. The Morgan fingerprint density at radius 1 is 1.17 bits per heavy atom. The molecule has 1 N–H and O–H groups in total. The fourth-order valence-electron chi connectivity index (χ4n) is 2.72. The molecule has 0 atom stereocenters. The summed E-state index contributed by atoms with van der Waals surface area (Å²) >= 11 is 7.24. The van der Waals surface area contributed by atoms with Crippen molar-refractivity contribution in [2.45, 2.75) is 6.54 Å². The molecule has 0 fully saturated rings. The summed E-state index contributed by atoms with van der Waals surface area (Å²) in [5, 5.41) is 8.06. The van der Waals surface area contributed by atoms with Gasteiger partial charge in [-0.15, -0.1) is 0 Å². The van der Waals surface area contributed by atoms with Gasteiger partial charge >= 0.3 is 0 Å². The van der Waals surface area contributed by atoms with E-state index in [4.69, 9.17) is 16.3 Å². The summed E-state index contributed by atoms with van der Waals surface area (Å²) in [5.41, 5.74) is 1.75. The number of hydrogen-bond acceptors (Lipinski definition) is 6. The minimum atomic E-state index is -0.390. The van der Waals surface area contributed by atoms with Crippen molar-refractivity contribution < 1.29 is 9.53 Å². The van der Waals surface area contributed by atoms with Crippen LogP contribution in [0.3, 0.4) is 0 Å². The molecule has 9 heteroatoms. The number of carbonyl (C=O) groups is 1. The third-order valence-electron chi connectivity index (χ3n) is 4.14. The molecule has 0 unspecified atom stereocenters. The number of fused-ring (bicyclic) bond motifs is 1. The Labute approximate surface area is 174 Å². The van der Waals surface area contributed by atoms with E-state index in [1.165, 1.54) is 17.4 Å². The third-order valence-corrected chi connectivity index (χ3v) is 5.33. The van der Waals surface area contributed by atoms with Gasteiger partial charge < -0.3 is 10.1 Å². The van der Waals surface area contributed by atoms with Crippen LogP contribution in [-0.4, -0.2) is 27.8 Å². The maximum atomic E-state index is 12.4. The third kappa shape index (κ3) is 4.28. The highest BCUT2D eigenvalue weighted by Gasteiger charge is 2.11. The van der Waals surface area contributed by atoms with Crippen LogP contribution in [-0.2, 0) is 11.3 Å². The Morgan fingerprint density at radius 3 is 2.72 bits per heavy atom. The lowest BCUT2D eigenvalue weighted by atomic mass is 10.1. The lowest BCUT2D eigenvalue weighted by Crippen LogP contribution is -2.29. The van der Waals surface area contributed by atoms with E-state index in [9.17, 15) is 9.59 Å². The molecule has 2 aromatic carbocycles. The lowest BCUT2D eigenvalue weighted by Gasteiger charge is -2.07. The number of nitrogens with one attached hydrogen (secondary N) is 1. The summed E-state index contributed by atoms with van der Waals surface area (Å²) in [6, 6.07) is 15.6. The first-order valence-electron chi connectivity index (χ1n) is 8.60. The first kappa shape index (κ1) is 19.1. The van der Waals surface area contributed by atoms with E-state index < -0.39 is 0 Å². The van der Waals surface area contributed by atoms with Gasteiger partial charge in [-0.25, -0.2) is 9.67 Å². The molecular formula is C20H15ClN4O3S. The SMILES string of the molecule is COc1ccc2nc(NC(=O)Cn3nc(-c4ccc(Cl)cc4)ccc3=O)sc2c1. The van der Waals surface area contributed by atoms with Gasteiger partial charge in [0.05, 0.1) is 23.0 Å². The quantitative estimate of drug-likeness (QED) is 0.524. The maximum absolute atomic E-state index is 12.4. The predicted octanol–water partition coefficient (Wildman–Crippen LogP) is 3.82. The molecule has 7 nitrogen and oxygen atoms in total. The van der Waals surface area contributed by atoms with E-state index in [2.05, 4.69) is 15.4 Å². The topological polar surface area (TPSA) is 86.1 Å². The van der Waals surface area contributed by atoms with E-state index >= 15 is 0 Å². The van der Waals surface area contributed by atoms with Gasteiger partial charge in [-0.3, -0.25) is 9.59 Å². The number of hydrogen-bond donors (Lipinski definition) is 1. The molecule has 0 saturated heterocycles. The van der Waals surface area contributed by atoms with E-state index in [0.29, 0.717) is 21.6 Å². The fraction of sp³-hybridized carbons (Fsp3) is 0.100. The monoisotopic (exact) mass is 426 g/mol. The fourth-order valence-corrected chi connectivity index (χ4v) is 3.75. The molecule has 2 heterocycles. The number of rotatable bonds is 5. The summed E-state index contributed by atoms with van der Waals surface area (Å²) < 4.78 is 7.21. The first-order chi connectivity index (χ1) is 14.0. The van der Waals surface area contributed by atoms with Crippen LogP contribution in [0.5, 0.6) is 5.75 Å². The Hall–Kier alpha value is -3.23. The number of halogens is 1. The van der Waals surface area contributed by atoms with Gasteiger partial charge in [0.1, 0.15) is 12.3 Å². The van der Waals surface area contributed by atoms with Crippen molar-refractivity contribution >= 4 is 44.2 Å². The number of amides is 1. The average Bonchev–Trinajstić information content (AvgIpc) is 3.11. The van der Waals surface area contributed by atoms with Crippen LogP contribution in [0, 0.1) is 0 Å². The van der Waals surface area contributed by atoms with Crippen molar-refractivity contribution in [2.75, 3.05) is 12.4 Å². The van der Waals surface area contributed by atoms with Gasteiger partial charge in [0.15, 0.2) is 5.13 Å². The van der Waals surface area contributed by atoms with Gasteiger partial charge in [0.2, 0.25) is 5.91 Å². The number of aromatic nitrogens is 3. The number of carbonyl (C=O) groups excluding carboxylic acids is 1. The van der Waals surface area contributed by atoms with Crippen LogP contribution in [0.4, 0.5) is 5.13 Å². The Bertz CT molecular complexity index is 1250. The summed E-state index contributed by atoms with van der Waals surface area (Å²) in [6.07, 6.45) is 0. The summed E-state index contributed by atoms with van der Waals surface area (Å²) in [6.45, 7) is -0.223. The van der Waals surface area contributed by atoms with Crippen LogP contribution in [0.15, 0.2) is 59.4 Å². The Kier molecular flexibility index (Phi) is 5.28. The zero-order chi connectivity index (χ0) is 20.4. The molecule has 146 valence electrons. The van der Waals surface area contributed by atoms with Gasteiger partial charge in [-0.05, 0) is 36.4 Å². The zero-order valence-corrected chi connectivity index (χ0v) is 16.8. The molecule has 1 amide bonds. The number of thiazole rings is 1. The average molecular weight is 427 g/mol. The second-order valence-electron chi connectivity index (χ2n) is 6.12. The van der Waals surface area contributed by atoms with Crippen molar-refractivity contribution in [2.24, 2.45) is 0 Å². The van der Waals surface area contributed by atoms with Crippen LogP contribution < -0.4 is 15.6 Å². The molecule has 0 radical (unpaired) electrons. The highest BCUT2D eigenvalue weighted by molar-refractivity contribution is 7.22. The largest absolute Gasteiger partial charge is 0.497 e. The second-order valence-corrected chi connectivity index (χ2v) is 7.59. The zero-order valence-electron chi connectivity index (χ0n) is 15.3. The minimum Gasteiger partial charge on any atom is -0.497 e. The Morgan fingerprint density at radius 2 is 1.97 bits per heavy atom. The smallest absolute Gasteiger partial charge is 0.267 e. The molecule has 4 aromatic rings. The highest BCUT2D eigenvalue weighted by Crippen LogP contribution is 2.29. The first-order valence-corrected chi connectivity index (χ1v) is 9.80. The van der Waals surface area contributed by atoms with Crippen molar-refractivity contribution in [3.8, 4) is 17.0 Å². The minimum absolute atomic E-state index is 0.223. The van der Waals surface area contributed by atoms with Crippen LogP contribution in [0.2, 0.25) is 5.02 Å². The molecule has 0 aliphatic heterocycles. The van der Waals surface area contributed by atoms with Crippen LogP contribution >= 0.6 is 22.9 Å². The van der Waals surface area contributed by atoms with Crippen molar-refractivity contribution in [1.82, 2.24) is 14.8 Å². The molecule has 0 aliphatic rings. The molecule has 4 rings (SSSR count). The van der Waals surface area contributed by atoms with Gasteiger partial charge in [-0.2, -0.15) is 5.10 Å². The standard InChI is InChI=1S/C20H15ClN4O3S/c1-28-14-6-7-16-17(10-14)29-20(22-16)23-18(26)11-25-19(27)9-8-15(24-25)12-2-4-13(21)5-3-12/h2-10H,11H2,1H3,(H,22,23,26). The molecule has 0 bridgehead atoms. The van der Waals surface area contributed by atoms with Gasteiger partial charge in [0.25, 0.3) is 5.56 Å². The normalized spacial score (nSPS) is 10.8. The summed E-state index contributed by atoms with van der Waals surface area (Å²) in [7, 11) is 1.59. The maximum Gasteiger partial charge on any atom is 0.267 e. The highest BCUT2D eigenvalue weighted by atomic mass is 35.5. The van der Waals surface area contributed by atoms with Crippen molar-refractivity contribution in [3.63, 3.8) is 0 Å². The van der Waals surface area contributed by atoms with Crippen molar-refractivity contribution in [1.29, 1.82) is 0 Å². The number of anilines is 1. The van der Waals surface area contributed by atoms with Crippen molar-refractivity contribution in [3.05, 3.63) is 70.0 Å². The van der Waals surface area contributed by atoms with Gasteiger partial charge in [-0.1, -0.05) is 35.1 Å². The number of nitrogens with zero attached hydrogens (tertiary/aromatic N) is 3. The molecular weight excluding hydrogens is 412 g/mol.